The van der Waals surface area contributed by atoms with E-state index in [0.717, 1.165) is 36.8 Å². The van der Waals surface area contributed by atoms with Crippen LogP contribution in [0.25, 0.3) is 0 Å². The molecule has 1 rings (SSSR count). The van der Waals surface area contributed by atoms with E-state index >= 15 is 0 Å². The number of hydrogen-bond acceptors (Lipinski definition) is 2. The van der Waals surface area contributed by atoms with E-state index in [1.165, 1.54) is 0 Å². The van der Waals surface area contributed by atoms with Crippen molar-refractivity contribution in [2.75, 3.05) is 0 Å². The van der Waals surface area contributed by atoms with E-state index in [2.05, 4.69) is 6.92 Å². The van der Waals surface area contributed by atoms with E-state index in [9.17, 15) is 9.59 Å². The molecule has 116 valence electrons. The minimum Gasteiger partial charge on any atom is -0.481 e. The zero-order valence-electron chi connectivity index (χ0n) is 12.5. The lowest BCUT2D eigenvalue weighted by Crippen LogP contribution is -2.09. The third-order valence-electron chi connectivity index (χ3n) is 3.64. The molecule has 0 amide bonds. The van der Waals surface area contributed by atoms with Crippen molar-refractivity contribution < 1.29 is 19.8 Å². The summed E-state index contributed by atoms with van der Waals surface area (Å²) in [6.07, 6.45) is 4.43. The van der Waals surface area contributed by atoms with Crippen LogP contribution in [0.2, 0.25) is 0 Å². The minimum atomic E-state index is -0.769. The summed E-state index contributed by atoms with van der Waals surface area (Å²) in [5.74, 6) is -1.49. The van der Waals surface area contributed by atoms with Gasteiger partial charge in [0.25, 0.3) is 0 Å². The molecule has 0 aromatic heterocycles. The molecule has 1 aromatic rings. The Hall–Kier alpha value is -1.84. The van der Waals surface area contributed by atoms with Gasteiger partial charge in [-0.2, -0.15) is 0 Å². The Morgan fingerprint density at radius 1 is 1.10 bits per heavy atom. The largest absolute Gasteiger partial charge is 0.481 e. The van der Waals surface area contributed by atoms with Crippen LogP contribution in [0.3, 0.4) is 0 Å². The number of rotatable bonds is 10. The van der Waals surface area contributed by atoms with E-state index in [-0.39, 0.29) is 18.8 Å². The van der Waals surface area contributed by atoms with Crippen molar-refractivity contribution in [1.29, 1.82) is 0 Å². The van der Waals surface area contributed by atoms with Crippen molar-refractivity contribution in [3.8, 4) is 0 Å². The molecule has 0 radical (unpaired) electrons. The van der Waals surface area contributed by atoms with Crippen LogP contribution in [-0.4, -0.2) is 22.2 Å². The first kappa shape index (κ1) is 17.2. The lowest BCUT2D eigenvalue weighted by molar-refractivity contribution is -0.138. The van der Waals surface area contributed by atoms with E-state index < -0.39 is 11.9 Å². The molecule has 0 heterocycles. The fraction of sp³-hybridized carbons (Fsp3) is 0.529. The summed E-state index contributed by atoms with van der Waals surface area (Å²) >= 11 is 0. The zero-order chi connectivity index (χ0) is 15.7. The smallest absolute Gasteiger partial charge is 0.303 e. The second kappa shape index (κ2) is 9.16. The number of carbonyl (C=O) groups is 2. The first-order valence-corrected chi connectivity index (χ1v) is 7.56. The quantitative estimate of drug-likeness (QED) is 0.642. The second-order valence-corrected chi connectivity index (χ2v) is 5.38. The third-order valence-corrected chi connectivity index (χ3v) is 3.64. The fourth-order valence-corrected chi connectivity index (χ4v) is 2.68. The van der Waals surface area contributed by atoms with Crippen molar-refractivity contribution in [1.82, 2.24) is 0 Å². The maximum atomic E-state index is 11.0. The fourth-order valence-electron chi connectivity index (χ4n) is 2.68. The van der Waals surface area contributed by atoms with Gasteiger partial charge in [0.1, 0.15) is 0 Å². The molecule has 1 atom stereocenters. The van der Waals surface area contributed by atoms with E-state index in [4.69, 9.17) is 10.2 Å². The Kier molecular flexibility index (Phi) is 7.51. The normalized spacial score (nSPS) is 12.0. The summed E-state index contributed by atoms with van der Waals surface area (Å²) in [5, 5.41) is 17.7. The molecule has 0 spiro atoms. The Morgan fingerprint density at radius 2 is 1.81 bits per heavy atom. The van der Waals surface area contributed by atoms with Crippen LogP contribution in [0.1, 0.15) is 62.5 Å². The van der Waals surface area contributed by atoms with Gasteiger partial charge < -0.3 is 10.2 Å². The van der Waals surface area contributed by atoms with Crippen molar-refractivity contribution in [2.45, 2.75) is 57.8 Å². The Labute approximate surface area is 125 Å². The first-order chi connectivity index (χ1) is 10.0. The van der Waals surface area contributed by atoms with Crippen LogP contribution < -0.4 is 0 Å². The number of carboxylic acids is 2. The SMILES string of the molecule is CCCC(CC(=O)O)c1ccccc1CCCCC(=O)O. The van der Waals surface area contributed by atoms with Crippen LogP contribution in [0, 0.1) is 0 Å². The van der Waals surface area contributed by atoms with Crippen LogP contribution in [0.4, 0.5) is 0 Å². The van der Waals surface area contributed by atoms with Gasteiger partial charge in [-0.05, 0) is 42.7 Å². The van der Waals surface area contributed by atoms with Gasteiger partial charge in [-0.25, -0.2) is 0 Å². The Balaban J connectivity index is 2.75. The number of aryl methyl sites for hydroxylation is 1. The van der Waals surface area contributed by atoms with Crippen molar-refractivity contribution in [3.05, 3.63) is 35.4 Å². The van der Waals surface area contributed by atoms with Gasteiger partial charge in [0.15, 0.2) is 0 Å². The molecule has 21 heavy (non-hydrogen) atoms. The molecular weight excluding hydrogens is 268 g/mol. The summed E-state index contributed by atoms with van der Waals surface area (Å²) in [7, 11) is 0. The third kappa shape index (κ3) is 6.43. The molecule has 4 heteroatoms. The highest BCUT2D eigenvalue weighted by atomic mass is 16.4. The molecule has 1 unspecified atom stereocenters. The van der Waals surface area contributed by atoms with Gasteiger partial charge >= 0.3 is 11.9 Å². The van der Waals surface area contributed by atoms with Crippen LogP contribution in [-0.2, 0) is 16.0 Å². The summed E-state index contributed by atoms with van der Waals surface area (Å²) in [4.78, 5) is 21.6. The molecule has 4 nitrogen and oxygen atoms in total. The Morgan fingerprint density at radius 3 is 2.43 bits per heavy atom. The van der Waals surface area contributed by atoms with E-state index in [1.807, 2.05) is 24.3 Å². The zero-order valence-corrected chi connectivity index (χ0v) is 12.5. The van der Waals surface area contributed by atoms with E-state index in [1.54, 1.807) is 0 Å². The first-order valence-electron chi connectivity index (χ1n) is 7.56. The highest BCUT2D eigenvalue weighted by Gasteiger charge is 2.17. The average molecular weight is 292 g/mol. The molecule has 0 aliphatic rings. The van der Waals surface area contributed by atoms with Gasteiger partial charge in [0.2, 0.25) is 0 Å². The molecule has 0 bridgehead atoms. The maximum Gasteiger partial charge on any atom is 0.303 e. The lowest BCUT2D eigenvalue weighted by Gasteiger charge is -2.18. The number of benzene rings is 1. The van der Waals surface area contributed by atoms with Gasteiger partial charge in [-0.3, -0.25) is 9.59 Å². The van der Waals surface area contributed by atoms with Crippen LogP contribution in [0.15, 0.2) is 24.3 Å². The molecule has 0 saturated carbocycles. The molecule has 0 aliphatic heterocycles. The molecule has 2 N–H and O–H groups in total. The monoisotopic (exact) mass is 292 g/mol. The minimum absolute atomic E-state index is 0.0446. The van der Waals surface area contributed by atoms with Crippen molar-refractivity contribution >= 4 is 11.9 Å². The number of hydrogen-bond donors (Lipinski definition) is 2. The average Bonchev–Trinajstić information content (AvgIpc) is 2.43. The standard InChI is InChI=1S/C17H24O4/c1-2-7-14(12-17(20)21)15-10-5-3-8-13(15)9-4-6-11-16(18)19/h3,5,8,10,14H,2,4,6-7,9,11-12H2,1H3,(H,18,19)(H,20,21). The van der Waals surface area contributed by atoms with Crippen molar-refractivity contribution in [3.63, 3.8) is 0 Å². The number of aliphatic carboxylic acids is 2. The topological polar surface area (TPSA) is 74.6 Å². The summed E-state index contributed by atoms with van der Waals surface area (Å²) in [5.41, 5.74) is 2.26. The van der Waals surface area contributed by atoms with Crippen LogP contribution >= 0.6 is 0 Å². The summed E-state index contributed by atoms with van der Waals surface area (Å²) < 4.78 is 0. The van der Waals surface area contributed by atoms with Crippen molar-refractivity contribution in [2.24, 2.45) is 0 Å². The predicted octanol–water partition coefficient (Wildman–Crippen LogP) is 3.84. The highest BCUT2D eigenvalue weighted by molar-refractivity contribution is 5.68. The number of carboxylic acid groups (broad SMARTS) is 2. The van der Waals surface area contributed by atoms with Crippen LogP contribution in [0.5, 0.6) is 0 Å². The highest BCUT2D eigenvalue weighted by Crippen LogP contribution is 2.29. The Bertz CT molecular complexity index is 468. The lowest BCUT2D eigenvalue weighted by atomic mass is 9.86. The van der Waals surface area contributed by atoms with E-state index in [0.29, 0.717) is 6.42 Å². The molecule has 0 aliphatic carbocycles. The summed E-state index contributed by atoms with van der Waals surface area (Å²) in [6, 6.07) is 7.94. The number of unbranched alkanes of at least 4 members (excludes halogenated alkanes) is 1. The predicted molar refractivity (Wildman–Crippen MR) is 81.5 cm³/mol. The summed E-state index contributed by atoms with van der Waals surface area (Å²) in [6.45, 7) is 2.06. The second-order valence-electron chi connectivity index (χ2n) is 5.38. The molecule has 1 aromatic carbocycles. The maximum absolute atomic E-state index is 11.0. The molecule has 0 fully saturated rings. The molecular formula is C17H24O4. The van der Waals surface area contributed by atoms with Gasteiger partial charge in [-0.1, -0.05) is 37.6 Å². The molecule has 0 saturated heterocycles. The van der Waals surface area contributed by atoms with Gasteiger partial charge in [0, 0.05) is 6.42 Å². The van der Waals surface area contributed by atoms with Gasteiger partial charge in [0.05, 0.1) is 6.42 Å². The van der Waals surface area contributed by atoms with Gasteiger partial charge in [-0.15, -0.1) is 0 Å².